The first-order chi connectivity index (χ1) is 16.3. The minimum absolute atomic E-state index is 0.0219. The highest BCUT2D eigenvalue weighted by Crippen LogP contribution is 2.80. The van der Waals surface area contributed by atoms with Gasteiger partial charge in [-0.2, -0.15) is 0 Å². The van der Waals surface area contributed by atoms with Crippen molar-refractivity contribution >= 4 is 0 Å². The Kier molecular flexibility index (Phi) is 5.38. The number of piperidine rings is 1. The Labute approximate surface area is 203 Å². The number of aliphatic hydroxyl groups excluding tert-OH is 1. The summed E-state index contributed by atoms with van der Waals surface area (Å²) in [5.74, 6) is 0.297. The van der Waals surface area contributed by atoms with Crippen molar-refractivity contribution in [3.05, 3.63) is 0 Å². The highest BCUT2D eigenvalue weighted by atomic mass is 16.5. The third-order valence-corrected chi connectivity index (χ3v) is 11.8. The van der Waals surface area contributed by atoms with Gasteiger partial charge in [-0.05, 0) is 31.7 Å². The van der Waals surface area contributed by atoms with Crippen LogP contribution in [0.25, 0.3) is 0 Å². The first-order valence-corrected chi connectivity index (χ1v) is 13.1. The number of likely N-dealkylation sites (tertiary alicyclic amines) is 1. The number of nitrogens with zero attached hydrogens (tertiary/aromatic N) is 1. The van der Waals surface area contributed by atoms with Crippen molar-refractivity contribution in [1.82, 2.24) is 4.90 Å². The van der Waals surface area contributed by atoms with E-state index in [1.54, 1.807) is 35.5 Å². The molecular weight excluding hydrogens is 438 g/mol. The average molecular weight is 482 g/mol. The zero-order chi connectivity index (χ0) is 24.3. The average Bonchev–Trinajstić information content (AvgIpc) is 3.24. The molecule has 0 radical (unpaired) electrons. The molecule has 6 fully saturated rings. The number of fused-ring (bicyclic) bond motifs is 2. The van der Waals surface area contributed by atoms with Gasteiger partial charge in [0, 0.05) is 77.1 Å². The molecule has 1 spiro atoms. The molecule has 8 heteroatoms. The maximum atomic E-state index is 13.2. The highest BCUT2D eigenvalue weighted by molar-refractivity contribution is 5.41. The Balaban J connectivity index is 1.68. The van der Waals surface area contributed by atoms with Gasteiger partial charge in [0.05, 0.1) is 37.1 Å². The molecule has 194 valence electrons. The summed E-state index contributed by atoms with van der Waals surface area (Å²) in [6.07, 6.45) is 1.92. The standard InChI is InChI=1S/C26H43NO7/c1-7-27-12-23(13-30-2)9-8-17(28)25-15-10-14-16(31-3)11-24(34-6,18(15)19(14)32-4)26(29,22(25)27)21(33-5)20(23)25/h14-22,28-29H,7-13H2,1-6H3/t14-,15-,16+,17+,18-,19+,20-,21+,22+,23+,24-,25+,26-/m1/s1. The maximum absolute atomic E-state index is 13.2. The fourth-order valence-electron chi connectivity index (χ4n) is 11.3. The molecule has 5 aliphatic carbocycles. The lowest BCUT2D eigenvalue weighted by Gasteiger charge is -2.70. The lowest BCUT2D eigenvalue weighted by Crippen LogP contribution is -2.82. The van der Waals surface area contributed by atoms with Crippen LogP contribution in [0.2, 0.25) is 0 Å². The number of aliphatic hydroxyl groups is 2. The van der Waals surface area contributed by atoms with Crippen LogP contribution >= 0.6 is 0 Å². The van der Waals surface area contributed by atoms with E-state index in [9.17, 15) is 10.2 Å². The molecule has 1 heterocycles. The third kappa shape index (κ3) is 2.23. The molecule has 5 saturated carbocycles. The van der Waals surface area contributed by atoms with E-state index < -0.39 is 28.8 Å². The van der Waals surface area contributed by atoms with Crippen molar-refractivity contribution in [2.45, 2.75) is 74.3 Å². The summed E-state index contributed by atoms with van der Waals surface area (Å²) in [5.41, 5.74) is -2.92. The van der Waals surface area contributed by atoms with Gasteiger partial charge >= 0.3 is 0 Å². The summed E-state index contributed by atoms with van der Waals surface area (Å²) in [6, 6.07) is -0.256. The Morgan fingerprint density at radius 3 is 2.41 bits per heavy atom. The van der Waals surface area contributed by atoms with Gasteiger partial charge in [-0.1, -0.05) is 6.92 Å². The zero-order valence-electron chi connectivity index (χ0n) is 21.5. The van der Waals surface area contributed by atoms with Crippen LogP contribution < -0.4 is 0 Å². The van der Waals surface area contributed by atoms with E-state index in [1.165, 1.54) is 0 Å². The Morgan fingerprint density at radius 2 is 1.82 bits per heavy atom. The summed E-state index contributed by atoms with van der Waals surface area (Å²) in [4.78, 5) is 2.43. The SMILES string of the molecule is CCN1C[C@]2(COC)CC[C@H](O)[C@@]34[C@@H]5C[C@H]6[C@H](OC)[C@@H]5[C@](OC)(C[C@@H]6OC)[C@@](O)([C@@H](OC)[C@H]23)[C@@H]14. The van der Waals surface area contributed by atoms with Crippen LogP contribution in [0, 0.1) is 34.5 Å². The minimum atomic E-state index is -1.32. The third-order valence-electron chi connectivity index (χ3n) is 11.8. The number of likely N-dealkylation sites (N-methyl/N-ethyl adjacent to an activating group) is 1. The maximum Gasteiger partial charge on any atom is 0.136 e. The fraction of sp³-hybridized carbons (Fsp3) is 1.00. The van der Waals surface area contributed by atoms with Gasteiger partial charge in [0.2, 0.25) is 0 Å². The zero-order valence-corrected chi connectivity index (χ0v) is 21.5. The number of ether oxygens (including phenoxy) is 5. The van der Waals surface area contributed by atoms with Gasteiger partial charge in [0.1, 0.15) is 11.2 Å². The van der Waals surface area contributed by atoms with Crippen molar-refractivity contribution in [3.8, 4) is 0 Å². The molecule has 0 aromatic rings. The molecule has 8 nitrogen and oxygen atoms in total. The first kappa shape index (κ1) is 24.0. The van der Waals surface area contributed by atoms with Gasteiger partial charge in [0.15, 0.2) is 0 Å². The van der Waals surface area contributed by atoms with Crippen LogP contribution in [0.1, 0.15) is 32.6 Å². The van der Waals surface area contributed by atoms with E-state index in [4.69, 9.17) is 23.7 Å². The minimum Gasteiger partial charge on any atom is -0.392 e. The summed E-state index contributed by atoms with van der Waals surface area (Å²) in [7, 11) is 8.77. The Morgan fingerprint density at radius 1 is 1.06 bits per heavy atom. The molecule has 13 atom stereocenters. The molecule has 0 aromatic carbocycles. The molecule has 2 N–H and O–H groups in total. The molecule has 0 unspecified atom stereocenters. The van der Waals surface area contributed by atoms with Crippen LogP contribution in [0.3, 0.4) is 0 Å². The van der Waals surface area contributed by atoms with Gasteiger partial charge in [-0.15, -0.1) is 0 Å². The molecule has 6 rings (SSSR count). The molecule has 1 saturated heterocycles. The lowest BCUT2D eigenvalue weighted by atomic mass is 9.42. The number of rotatable bonds is 7. The first-order valence-electron chi connectivity index (χ1n) is 13.1. The van der Waals surface area contributed by atoms with Crippen molar-refractivity contribution in [3.63, 3.8) is 0 Å². The van der Waals surface area contributed by atoms with Gasteiger partial charge in [-0.3, -0.25) is 4.90 Å². The van der Waals surface area contributed by atoms with Crippen LogP contribution in [-0.2, 0) is 23.7 Å². The van der Waals surface area contributed by atoms with Gasteiger partial charge in [-0.25, -0.2) is 0 Å². The summed E-state index contributed by atoms with van der Waals surface area (Å²) in [5, 5.41) is 25.3. The van der Waals surface area contributed by atoms with E-state index in [1.807, 2.05) is 0 Å². The normalized spacial score (nSPS) is 59.5. The van der Waals surface area contributed by atoms with Crippen LogP contribution in [0.15, 0.2) is 0 Å². The predicted molar refractivity (Wildman–Crippen MR) is 123 cm³/mol. The topological polar surface area (TPSA) is 89.9 Å². The number of hydrogen-bond donors (Lipinski definition) is 2. The van der Waals surface area contributed by atoms with Crippen molar-refractivity contribution in [1.29, 1.82) is 0 Å². The quantitative estimate of drug-likeness (QED) is 0.555. The van der Waals surface area contributed by atoms with E-state index in [0.717, 1.165) is 32.4 Å². The van der Waals surface area contributed by atoms with E-state index in [-0.39, 0.29) is 47.3 Å². The summed E-state index contributed by atoms with van der Waals surface area (Å²) >= 11 is 0. The van der Waals surface area contributed by atoms with Crippen molar-refractivity contribution < 1.29 is 33.9 Å². The molecule has 7 bridgehead atoms. The second-order valence-electron chi connectivity index (χ2n) is 12.1. The van der Waals surface area contributed by atoms with Crippen molar-refractivity contribution in [2.75, 3.05) is 55.2 Å². The lowest BCUT2D eigenvalue weighted by molar-refractivity contribution is -0.325. The largest absolute Gasteiger partial charge is 0.392 e. The van der Waals surface area contributed by atoms with Gasteiger partial charge in [0.25, 0.3) is 0 Å². The monoisotopic (exact) mass is 481 g/mol. The van der Waals surface area contributed by atoms with E-state index >= 15 is 0 Å². The molecule has 0 aromatic heterocycles. The van der Waals surface area contributed by atoms with Crippen LogP contribution in [0.4, 0.5) is 0 Å². The molecular formula is C26H43NO7. The van der Waals surface area contributed by atoms with Gasteiger partial charge < -0.3 is 33.9 Å². The van der Waals surface area contributed by atoms with Crippen molar-refractivity contribution in [2.24, 2.45) is 34.5 Å². The summed E-state index contributed by atoms with van der Waals surface area (Å²) in [6.45, 7) is 4.39. The predicted octanol–water partition coefficient (Wildman–Crippen LogP) is 0.925. The molecule has 34 heavy (non-hydrogen) atoms. The highest BCUT2D eigenvalue weighted by Gasteiger charge is 2.91. The Hall–Kier alpha value is -0.320. The number of hydrogen-bond acceptors (Lipinski definition) is 8. The van der Waals surface area contributed by atoms with E-state index in [2.05, 4.69) is 11.8 Å². The Bertz CT molecular complexity index is 829. The van der Waals surface area contributed by atoms with Crippen LogP contribution in [-0.4, -0.2) is 112 Å². The molecule has 6 aliphatic rings. The van der Waals surface area contributed by atoms with E-state index in [0.29, 0.717) is 13.0 Å². The second-order valence-corrected chi connectivity index (χ2v) is 12.1. The molecule has 1 aliphatic heterocycles. The van der Waals surface area contributed by atoms with Crippen LogP contribution in [0.5, 0.6) is 0 Å². The number of methoxy groups -OCH3 is 5. The molecule has 0 amide bonds. The smallest absolute Gasteiger partial charge is 0.136 e. The second kappa shape index (κ2) is 7.60. The fourth-order valence-corrected chi connectivity index (χ4v) is 11.3. The summed E-state index contributed by atoms with van der Waals surface area (Å²) < 4.78 is 31.1.